The second-order valence-corrected chi connectivity index (χ2v) is 7.67. The molecule has 0 aliphatic heterocycles. The fourth-order valence-corrected chi connectivity index (χ4v) is 3.58. The van der Waals surface area contributed by atoms with Crippen LogP contribution in [0.15, 0.2) is 60.7 Å². The van der Waals surface area contributed by atoms with Crippen LogP contribution in [0.3, 0.4) is 0 Å². The average Bonchev–Trinajstić information content (AvgIpc) is 2.77. The number of methoxy groups -OCH3 is 1. The van der Waals surface area contributed by atoms with Crippen LogP contribution in [0.25, 0.3) is 10.8 Å². The Labute approximate surface area is 189 Å². The van der Waals surface area contributed by atoms with Crippen LogP contribution in [0.4, 0.5) is 8.78 Å². The second kappa shape index (κ2) is 10.7. The van der Waals surface area contributed by atoms with Gasteiger partial charge >= 0.3 is 5.97 Å². The Morgan fingerprint density at radius 3 is 2.30 bits per heavy atom. The van der Waals surface area contributed by atoms with E-state index < -0.39 is 41.5 Å². The van der Waals surface area contributed by atoms with Gasteiger partial charge in [0.05, 0.1) is 13.5 Å². The van der Waals surface area contributed by atoms with Crippen molar-refractivity contribution in [3.63, 3.8) is 0 Å². The third-order valence-corrected chi connectivity index (χ3v) is 5.16. The second-order valence-electron chi connectivity index (χ2n) is 7.67. The van der Waals surface area contributed by atoms with Crippen LogP contribution in [0.2, 0.25) is 0 Å². The maximum absolute atomic E-state index is 13.3. The molecule has 0 fully saturated rings. The standard InChI is InChI=1S/C25H24F2N2O4/c1-15(28-23(30)12-16-10-19(26)14-20(27)11-16)24(31)29-22(25(32)33-2)13-18-8-5-7-17-6-3-4-9-21(17)18/h3-11,14-15,22H,12-13H2,1-2H3,(H,28,30)(H,29,31)/t15-,22-/m0/s1. The van der Waals surface area contributed by atoms with E-state index in [1.807, 2.05) is 42.5 Å². The summed E-state index contributed by atoms with van der Waals surface area (Å²) in [5, 5.41) is 7.04. The van der Waals surface area contributed by atoms with E-state index >= 15 is 0 Å². The fraction of sp³-hybridized carbons (Fsp3) is 0.240. The average molecular weight is 454 g/mol. The van der Waals surface area contributed by atoms with Crippen molar-refractivity contribution in [3.8, 4) is 0 Å². The SMILES string of the molecule is COC(=O)[C@H](Cc1cccc2ccccc12)NC(=O)[C@H](C)NC(=O)Cc1cc(F)cc(F)c1. The van der Waals surface area contributed by atoms with Gasteiger partial charge in [-0.15, -0.1) is 0 Å². The lowest BCUT2D eigenvalue weighted by molar-refractivity contribution is -0.145. The number of esters is 1. The number of nitrogens with one attached hydrogen (secondary N) is 2. The summed E-state index contributed by atoms with van der Waals surface area (Å²) in [4.78, 5) is 37.2. The van der Waals surface area contributed by atoms with Gasteiger partial charge in [0.15, 0.2) is 0 Å². The predicted octanol–water partition coefficient (Wildman–Crippen LogP) is 3.07. The van der Waals surface area contributed by atoms with Crippen molar-refractivity contribution >= 4 is 28.6 Å². The maximum atomic E-state index is 13.3. The number of carbonyl (C=O) groups excluding carboxylic acids is 3. The molecule has 2 N–H and O–H groups in total. The van der Waals surface area contributed by atoms with Gasteiger partial charge in [-0.25, -0.2) is 13.6 Å². The third kappa shape index (κ3) is 6.35. The molecule has 2 amide bonds. The highest BCUT2D eigenvalue weighted by atomic mass is 19.1. The minimum absolute atomic E-state index is 0.140. The minimum atomic E-state index is -0.990. The monoisotopic (exact) mass is 454 g/mol. The summed E-state index contributed by atoms with van der Waals surface area (Å²) in [6.07, 6.45) is -0.105. The van der Waals surface area contributed by atoms with Crippen molar-refractivity contribution in [2.45, 2.75) is 31.8 Å². The zero-order chi connectivity index (χ0) is 24.0. The summed E-state index contributed by atoms with van der Waals surface area (Å²) < 4.78 is 31.5. The van der Waals surface area contributed by atoms with Crippen LogP contribution in [0, 0.1) is 11.6 Å². The number of ether oxygens (including phenoxy) is 1. The van der Waals surface area contributed by atoms with Crippen molar-refractivity contribution in [1.82, 2.24) is 10.6 Å². The van der Waals surface area contributed by atoms with Crippen LogP contribution in [0.5, 0.6) is 0 Å². The fourth-order valence-electron chi connectivity index (χ4n) is 3.58. The smallest absolute Gasteiger partial charge is 0.328 e. The van der Waals surface area contributed by atoms with Gasteiger partial charge in [0.1, 0.15) is 23.7 Å². The third-order valence-electron chi connectivity index (χ3n) is 5.16. The van der Waals surface area contributed by atoms with E-state index in [1.165, 1.54) is 14.0 Å². The maximum Gasteiger partial charge on any atom is 0.328 e. The molecule has 6 nitrogen and oxygen atoms in total. The molecular weight excluding hydrogens is 430 g/mol. The Balaban J connectivity index is 1.66. The van der Waals surface area contributed by atoms with Crippen molar-refractivity contribution in [2.24, 2.45) is 0 Å². The summed E-state index contributed by atoms with van der Waals surface area (Å²) in [5.41, 5.74) is 0.995. The number of amides is 2. The van der Waals surface area contributed by atoms with Gasteiger partial charge < -0.3 is 15.4 Å². The van der Waals surface area contributed by atoms with E-state index in [9.17, 15) is 23.2 Å². The number of halogens is 2. The van der Waals surface area contributed by atoms with Gasteiger partial charge in [-0.2, -0.15) is 0 Å². The molecule has 0 spiro atoms. The van der Waals surface area contributed by atoms with E-state index in [0.717, 1.165) is 28.5 Å². The lowest BCUT2D eigenvalue weighted by Gasteiger charge is -2.21. The first-order valence-electron chi connectivity index (χ1n) is 10.4. The molecule has 0 heterocycles. The van der Waals surface area contributed by atoms with Crippen molar-refractivity contribution in [1.29, 1.82) is 0 Å². The van der Waals surface area contributed by atoms with Crippen molar-refractivity contribution in [3.05, 3.63) is 83.4 Å². The summed E-state index contributed by atoms with van der Waals surface area (Å²) >= 11 is 0. The van der Waals surface area contributed by atoms with Crippen LogP contribution in [-0.4, -0.2) is 37.0 Å². The molecule has 0 saturated heterocycles. The molecule has 0 aromatic heterocycles. The highest BCUT2D eigenvalue weighted by Crippen LogP contribution is 2.20. The molecule has 0 aliphatic carbocycles. The van der Waals surface area contributed by atoms with Crippen molar-refractivity contribution in [2.75, 3.05) is 7.11 Å². The Hall–Kier alpha value is -3.81. The lowest BCUT2D eigenvalue weighted by atomic mass is 9.98. The highest BCUT2D eigenvalue weighted by Gasteiger charge is 2.26. The first-order valence-corrected chi connectivity index (χ1v) is 10.4. The Morgan fingerprint density at radius 2 is 1.61 bits per heavy atom. The molecule has 8 heteroatoms. The molecule has 0 unspecified atom stereocenters. The van der Waals surface area contributed by atoms with E-state index in [4.69, 9.17) is 4.74 Å². The zero-order valence-corrected chi connectivity index (χ0v) is 18.2. The molecule has 0 aliphatic rings. The summed E-state index contributed by atoms with van der Waals surface area (Å²) in [6.45, 7) is 1.45. The van der Waals surface area contributed by atoms with Gasteiger partial charge in [0, 0.05) is 12.5 Å². The van der Waals surface area contributed by atoms with Crippen LogP contribution >= 0.6 is 0 Å². The Morgan fingerprint density at radius 1 is 0.939 bits per heavy atom. The molecule has 2 atom stereocenters. The first-order chi connectivity index (χ1) is 15.8. The molecule has 3 aromatic rings. The van der Waals surface area contributed by atoms with Crippen LogP contribution in [-0.2, 0) is 32.0 Å². The molecule has 3 rings (SSSR count). The van der Waals surface area contributed by atoms with E-state index in [0.29, 0.717) is 6.07 Å². The number of fused-ring (bicyclic) bond motifs is 1. The minimum Gasteiger partial charge on any atom is -0.467 e. The van der Waals surface area contributed by atoms with E-state index in [-0.39, 0.29) is 18.4 Å². The van der Waals surface area contributed by atoms with Crippen LogP contribution < -0.4 is 10.6 Å². The number of carbonyl (C=O) groups is 3. The summed E-state index contributed by atoms with van der Waals surface area (Å²) in [5.74, 6) is -3.39. The van der Waals surface area contributed by atoms with Crippen molar-refractivity contribution < 1.29 is 27.9 Å². The lowest BCUT2D eigenvalue weighted by Crippen LogP contribution is -2.51. The molecule has 0 saturated carbocycles. The van der Waals surface area contributed by atoms with Crippen LogP contribution in [0.1, 0.15) is 18.1 Å². The van der Waals surface area contributed by atoms with Gasteiger partial charge in [-0.1, -0.05) is 42.5 Å². The molecule has 172 valence electrons. The van der Waals surface area contributed by atoms with E-state index in [1.54, 1.807) is 0 Å². The highest BCUT2D eigenvalue weighted by molar-refractivity contribution is 5.92. The summed E-state index contributed by atoms with van der Waals surface area (Å²) in [7, 11) is 1.23. The quantitative estimate of drug-likeness (QED) is 0.513. The number of hydrogen-bond acceptors (Lipinski definition) is 4. The molecular formula is C25H24F2N2O4. The number of hydrogen-bond donors (Lipinski definition) is 2. The molecule has 33 heavy (non-hydrogen) atoms. The number of benzene rings is 3. The normalized spacial score (nSPS) is 12.6. The van der Waals surface area contributed by atoms with Gasteiger partial charge in [0.25, 0.3) is 0 Å². The molecule has 0 radical (unpaired) electrons. The zero-order valence-electron chi connectivity index (χ0n) is 18.2. The summed E-state index contributed by atoms with van der Waals surface area (Å²) in [6, 6.07) is 14.2. The van der Waals surface area contributed by atoms with E-state index in [2.05, 4.69) is 10.6 Å². The van der Waals surface area contributed by atoms with Gasteiger partial charge in [0.2, 0.25) is 11.8 Å². The first kappa shape index (κ1) is 23.8. The molecule has 0 bridgehead atoms. The van der Waals surface area contributed by atoms with Gasteiger partial charge in [-0.3, -0.25) is 9.59 Å². The largest absolute Gasteiger partial charge is 0.467 e. The van der Waals surface area contributed by atoms with Gasteiger partial charge in [-0.05, 0) is 41.0 Å². The topological polar surface area (TPSA) is 84.5 Å². The Kier molecular flexibility index (Phi) is 7.71. The predicted molar refractivity (Wildman–Crippen MR) is 119 cm³/mol. The molecule has 3 aromatic carbocycles. The number of rotatable bonds is 8. The Bertz CT molecular complexity index is 1160.